The van der Waals surface area contributed by atoms with E-state index < -0.39 is 23.6 Å². The number of aliphatic hydroxyl groups excluding tert-OH is 2. The molecule has 35 heavy (non-hydrogen) atoms. The molecule has 2 N–H and O–H groups in total. The van der Waals surface area contributed by atoms with Crippen LogP contribution in [0.25, 0.3) is 6.08 Å². The molecule has 1 aromatic rings. The van der Waals surface area contributed by atoms with Crippen LogP contribution in [0, 0.1) is 17.3 Å². The minimum Gasteiger partial charge on any atom is -0.458 e. The summed E-state index contributed by atoms with van der Waals surface area (Å²) in [5, 5.41) is 22.6. The van der Waals surface area contributed by atoms with Crippen molar-refractivity contribution in [2.24, 2.45) is 17.3 Å². The van der Waals surface area contributed by atoms with Gasteiger partial charge in [0.1, 0.15) is 16.9 Å². The van der Waals surface area contributed by atoms with E-state index in [2.05, 4.69) is 18.8 Å². The Labute approximate surface area is 212 Å². The summed E-state index contributed by atoms with van der Waals surface area (Å²) < 4.78 is 11.9. The molecule has 2 fully saturated rings. The molecular formula is C27H41NO6S. The molecule has 0 radical (unpaired) electrons. The van der Waals surface area contributed by atoms with Crippen LogP contribution >= 0.6 is 11.3 Å². The minimum absolute atomic E-state index is 0.0165. The fourth-order valence-corrected chi connectivity index (χ4v) is 5.78. The van der Waals surface area contributed by atoms with E-state index >= 15 is 0 Å². The number of ether oxygens (including phenoxy) is 2. The van der Waals surface area contributed by atoms with Crippen molar-refractivity contribution in [1.29, 1.82) is 0 Å². The maximum absolute atomic E-state index is 13.2. The van der Waals surface area contributed by atoms with Crippen LogP contribution in [0.5, 0.6) is 0 Å². The number of epoxide rings is 1. The van der Waals surface area contributed by atoms with Gasteiger partial charge >= 0.3 is 5.97 Å². The lowest BCUT2D eigenvalue weighted by atomic mass is 9.74. The number of hydrogen-bond donors (Lipinski definition) is 2. The van der Waals surface area contributed by atoms with Crippen molar-refractivity contribution < 1.29 is 29.3 Å². The molecular weight excluding hydrogens is 466 g/mol. The monoisotopic (exact) mass is 507 g/mol. The van der Waals surface area contributed by atoms with Gasteiger partial charge in [-0.25, -0.2) is 4.98 Å². The van der Waals surface area contributed by atoms with Crippen molar-refractivity contribution in [3.63, 3.8) is 0 Å². The molecule has 0 saturated carbocycles. The highest BCUT2D eigenvalue weighted by atomic mass is 32.1. The Morgan fingerprint density at radius 1 is 1.26 bits per heavy atom. The number of aliphatic hydroxyl groups is 2. The average molecular weight is 508 g/mol. The molecule has 0 spiro atoms. The van der Waals surface area contributed by atoms with Crippen molar-refractivity contribution in [2.45, 2.75) is 111 Å². The van der Waals surface area contributed by atoms with Gasteiger partial charge in [0, 0.05) is 17.7 Å². The molecule has 3 rings (SSSR count). The van der Waals surface area contributed by atoms with Gasteiger partial charge in [0.15, 0.2) is 0 Å². The van der Waals surface area contributed by atoms with E-state index in [1.54, 1.807) is 13.8 Å². The largest absolute Gasteiger partial charge is 0.458 e. The number of cyclic esters (lactones) is 1. The molecule has 2 saturated heterocycles. The van der Waals surface area contributed by atoms with Gasteiger partial charge in [-0.3, -0.25) is 9.59 Å². The standard InChI is InChI=1S/C27H41NO6S/c1-16-8-7-9-27(6)22(34-27)12-20(17(2)11-19-15-35-23(14-29)28-19)33-24(31)13-21(30)26(4,5)25(32)18(3)10-16/h11,15-16,18,20-22,29-30H,7-10,12-14H2,1-6H3/b17-11+/t16?,18?,20-,21?,22-,27+/m0/s1. The van der Waals surface area contributed by atoms with E-state index in [-0.39, 0.29) is 36.4 Å². The van der Waals surface area contributed by atoms with Crippen molar-refractivity contribution >= 4 is 29.2 Å². The van der Waals surface area contributed by atoms with Crippen LogP contribution in [0.1, 0.15) is 90.8 Å². The number of carbonyl (C=O) groups is 2. The number of ketones is 1. The number of nitrogens with zero attached hydrogens (tertiary/aromatic N) is 1. The topological polar surface area (TPSA) is 109 Å². The van der Waals surface area contributed by atoms with Gasteiger partial charge in [0.2, 0.25) is 0 Å². The molecule has 6 atom stereocenters. The molecule has 2 aliphatic rings. The fourth-order valence-electron chi connectivity index (χ4n) is 5.17. The van der Waals surface area contributed by atoms with Gasteiger partial charge < -0.3 is 19.7 Å². The third kappa shape index (κ3) is 7.00. The summed E-state index contributed by atoms with van der Waals surface area (Å²) in [6, 6.07) is 0. The minimum atomic E-state index is -1.13. The highest BCUT2D eigenvalue weighted by molar-refractivity contribution is 7.09. The number of rotatable bonds is 3. The number of carbonyl (C=O) groups excluding carboxylic acids is 2. The summed E-state index contributed by atoms with van der Waals surface area (Å²) in [5.74, 6) is -0.370. The third-order valence-electron chi connectivity index (χ3n) is 7.73. The Morgan fingerprint density at radius 3 is 2.63 bits per heavy atom. The second-order valence-electron chi connectivity index (χ2n) is 11.3. The fraction of sp³-hybridized carbons (Fsp3) is 0.741. The van der Waals surface area contributed by atoms with Crippen LogP contribution in [0.15, 0.2) is 11.0 Å². The first kappa shape index (κ1) is 28.0. The quantitative estimate of drug-likeness (QED) is 0.451. The van der Waals surface area contributed by atoms with E-state index in [1.165, 1.54) is 11.3 Å². The molecule has 0 aromatic carbocycles. The van der Waals surface area contributed by atoms with E-state index in [0.29, 0.717) is 23.0 Å². The van der Waals surface area contributed by atoms with Gasteiger partial charge in [0.05, 0.1) is 41.9 Å². The molecule has 2 aliphatic heterocycles. The normalized spacial score (nSPS) is 35.3. The lowest BCUT2D eigenvalue weighted by molar-refractivity contribution is -0.153. The van der Waals surface area contributed by atoms with Crippen LogP contribution in [-0.2, 0) is 25.7 Å². The van der Waals surface area contributed by atoms with Crippen molar-refractivity contribution in [2.75, 3.05) is 0 Å². The van der Waals surface area contributed by atoms with E-state index in [1.807, 2.05) is 25.3 Å². The van der Waals surface area contributed by atoms with Crippen LogP contribution in [0.4, 0.5) is 0 Å². The molecule has 0 bridgehead atoms. The molecule has 196 valence electrons. The van der Waals surface area contributed by atoms with Gasteiger partial charge in [-0.15, -0.1) is 11.3 Å². The summed E-state index contributed by atoms with van der Waals surface area (Å²) >= 11 is 1.37. The third-order valence-corrected chi connectivity index (χ3v) is 8.58. The van der Waals surface area contributed by atoms with Crippen LogP contribution in [0.2, 0.25) is 0 Å². The zero-order valence-corrected chi connectivity index (χ0v) is 22.7. The highest BCUT2D eigenvalue weighted by Gasteiger charge is 2.52. The lowest BCUT2D eigenvalue weighted by Gasteiger charge is -2.32. The van der Waals surface area contributed by atoms with Crippen LogP contribution in [0.3, 0.4) is 0 Å². The average Bonchev–Trinajstić information content (AvgIpc) is 3.19. The molecule has 8 heteroatoms. The van der Waals surface area contributed by atoms with E-state index in [0.717, 1.165) is 31.3 Å². The molecule has 3 heterocycles. The molecule has 7 nitrogen and oxygen atoms in total. The summed E-state index contributed by atoms with van der Waals surface area (Å²) in [6.45, 7) is 11.4. The van der Waals surface area contributed by atoms with Crippen LogP contribution in [-0.4, -0.2) is 50.9 Å². The molecule has 3 unspecified atom stereocenters. The first-order valence-corrected chi connectivity index (χ1v) is 13.6. The molecule has 0 aliphatic carbocycles. The molecule has 0 amide bonds. The Bertz CT molecular complexity index is 940. The maximum Gasteiger partial charge on any atom is 0.309 e. The van der Waals surface area contributed by atoms with Gasteiger partial charge in [-0.2, -0.15) is 0 Å². The zero-order valence-electron chi connectivity index (χ0n) is 21.9. The van der Waals surface area contributed by atoms with Crippen LogP contribution < -0.4 is 0 Å². The second-order valence-corrected chi connectivity index (χ2v) is 12.2. The van der Waals surface area contributed by atoms with Crippen molar-refractivity contribution in [3.8, 4) is 0 Å². The summed E-state index contributed by atoms with van der Waals surface area (Å²) in [5.41, 5.74) is 0.234. The summed E-state index contributed by atoms with van der Waals surface area (Å²) in [4.78, 5) is 30.5. The smallest absolute Gasteiger partial charge is 0.309 e. The number of esters is 1. The summed E-state index contributed by atoms with van der Waals surface area (Å²) in [7, 11) is 0. The molecule has 1 aromatic heterocycles. The number of aromatic nitrogens is 1. The number of thiazole rings is 1. The number of Topliss-reactive ketones (excluding diaryl/α,β-unsaturated/α-hetero) is 1. The van der Waals surface area contributed by atoms with Gasteiger partial charge in [-0.05, 0) is 44.3 Å². The zero-order chi connectivity index (χ0) is 26.0. The Balaban J connectivity index is 1.83. The maximum atomic E-state index is 13.2. The Hall–Kier alpha value is -1.61. The van der Waals surface area contributed by atoms with Gasteiger partial charge in [-0.1, -0.05) is 40.5 Å². The highest BCUT2D eigenvalue weighted by Crippen LogP contribution is 2.45. The number of fused-ring (bicyclic) bond motifs is 1. The first-order chi connectivity index (χ1) is 16.4. The lowest BCUT2D eigenvalue weighted by Crippen LogP contribution is -2.42. The Kier molecular flexibility index (Phi) is 8.95. The summed E-state index contributed by atoms with van der Waals surface area (Å²) in [6.07, 6.45) is 4.15. The van der Waals surface area contributed by atoms with E-state index in [4.69, 9.17) is 9.47 Å². The first-order valence-electron chi connectivity index (χ1n) is 12.7. The predicted molar refractivity (Wildman–Crippen MR) is 136 cm³/mol. The Morgan fingerprint density at radius 2 is 1.97 bits per heavy atom. The second kappa shape index (κ2) is 11.2. The number of hydrogen-bond acceptors (Lipinski definition) is 8. The van der Waals surface area contributed by atoms with Crippen molar-refractivity contribution in [1.82, 2.24) is 4.98 Å². The van der Waals surface area contributed by atoms with Crippen molar-refractivity contribution in [3.05, 3.63) is 21.7 Å². The van der Waals surface area contributed by atoms with E-state index in [9.17, 15) is 19.8 Å². The SMILES string of the molecule is C/C(=C\c1csc(CO)n1)[C@@H]1C[C@@H]2O[C@]2(C)CCCC(C)CC(C)C(=O)C(C)(C)C(O)CC(=O)O1. The predicted octanol–water partition coefficient (Wildman–Crippen LogP) is 4.69. The van der Waals surface area contributed by atoms with Gasteiger partial charge in [0.25, 0.3) is 0 Å².